The van der Waals surface area contributed by atoms with Gasteiger partial charge in [-0.25, -0.2) is 0 Å². The summed E-state index contributed by atoms with van der Waals surface area (Å²) in [5.74, 6) is 2.14. The van der Waals surface area contributed by atoms with Crippen LogP contribution in [0.5, 0.6) is 17.2 Å². The minimum Gasteiger partial charge on any atom is -0.497 e. The fraction of sp³-hybridized carbons (Fsp3) is 0.350. The number of carbonyl (C=O) groups is 1. The van der Waals surface area contributed by atoms with E-state index in [4.69, 9.17) is 14.2 Å². The van der Waals surface area contributed by atoms with Crippen molar-refractivity contribution >= 4 is 5.91 Å². The summed E-state index contributed by atoms with van der Waals surface area (Å²) >= 11 is 0. The predicted octanol–water partition coefficient (Wildman–Crippen LogP) is 2.46. The first-order chi connectivity index (χ1) is 12.6. The summed E-state index contributed by atoms with van der Waals surface area (Å²) in [7, 11) is 6.75. The maximum Gasteiger partial charge on any atom is 0.234 e. The van der Waals surface area contributed by atoms with E-state index in [1.807, 2.05) is 54.4 Å². The largest absolute Gasteiger partial charge is 0.497 e. The number of amides is 1. The number of likely N-dealkylation sites (N-methyl/N-ethyl adjacent to an activating group) is 1. The van der Waals surface area contributed by atoms with Gasteiger partial charge in [0, 0.05) is 18.7 Å². The summed E-state index contributed by atoms with van der Waals surface area (Å²) in [6.45, 7) is 1.35. The maximum absolute atomic E-state index is 12.2. The fourth-order valence-corrected chi connectivity index (χ4v) is 2.67. The molecule has 2 aromatic carbocycles. The Hall–Kier alpha value is -2.73. The molecule has 0 aliphatic rings. The number of ether oxygens (including phenoxy) is 3. The SMILES string of the molecule is COc1ccc(CNC(=O)CN(C)Cc2cccc(OC)c2OC)cc1. The van der Waals surface area contributed by atoms with Crippen LogP contribution in [0.4, 0.5) is 0 Å². The van der Waals surface area contributed by atoms with E-state index in [1.165, 1.54) is 0 Å². The molecule has 6 nitrogen and oxygen atoms in total. The molecule has 0 heterocycles. The van der Waals surface area contributed by atoms with Gasteiger partial charge >= 0.3 is 0 Å². The average molecular weight is 358 g/mol. The molecule has 26 heavy (non-hydrogen) atoms. The van der Waals surface area contributed by atoms with E-state index in [0.717, 1.165) is 16.9 Å². The minimum absolute atomic E-state index is 0.0369. The summed E-state index contributed by atoms with van der Waals surface area (Å²) in [4.78, 5) is 14.1. The predicted molar refractivity (Wildman–Crippen MR) is 101 cm³/mol. The number of para-hydroxylation sites is 1. The molecule has 140 valence electrons. The highest BCUT2D eigenvalue weighted by atomic mass is 16.5. The second-order valence-electron chi connectivity index (χ2n) is 5.95. The van der Waals surface area contributed by atoms with Gasteiger partial charge in [0.25, 0.3) is 0 Å². The van der Waals surface area contributed by atoms with Gasteiger partial charge < -0.3 is 19.5 Å². The van der Waals surface area contributed by atoms with Gasteiger partial charge in [0.05, 0.1) is 27.9 Å². The number of hydrogen-bond acceptors (Lipinski definition) is 5. The molecule has 0 radical (unpaired) electrons. The molecule has 0 spiro atoms. The lowest BCUT2D eigenvalue weighted by atomic mass is 10.1. The number of rotatable bonds is 9. The van der Waals surface area contributed by atoms with E-state index < -0.39 is 0 Å². The maximum atomic E-state index is 12.2. The van der Waals surface area contributed by atoms with Crippen LogP contribution in [0, 0.1) is 0 Å². The first kappa shape index (κ1) is 19.6. The number of methoxy groups -OCH3 is 3. The molecule has 6 heteroatoms. The number of hydrogen-bond donors (Lipinski definition) is 1. The standard InChI is InChI=1S/C20H26N2O4/c1-22(13-16-6-5-7-18(25-3)20(16)26-4)14-19(23)21-12-15-8-10-17(24-2)11-9-15/h5-11H,12-14H2,1-4H3,(H,21,23). The number of nitrogens with one attached hydrogen (secondary N) is 1. The smallest absolute Gasteiger partial charge is 0.234 e. The molecule has 0 aromatic heterocycles. The molecule has 2 rings (SSSR count). The molecular weight excluding hydrogens is 332 g/mol. The summed E-state index contributed by atoms with van der Waals surface area (Å²) in [6, 6.07) is 13.4. The zero-order valence-corrected chi connectivity index (χ0v) is 15.7. The Morgan fingerprint density at radius 1 is 1.00 bits per heavy atom. The zero-order valence-electron chi connectivity index (χ0n) is 15.7. The number of benzene rings is 2. The zero-order chi connectivity index (χ0) is 18.9. The average Bonchev–Trinajstić information content (AvgIpc) is 2.66. The van der Waals surface area contributed by atoms with Crippen molar-refractivity contribution in [1.82, 2.24) is 10.2 Å². The van der Waals surface area contributed by atoms with Gasteiger partial charge in [0.2, 0.25) is 5.91 Å². The molecule has 1 amide bonds. The summed E-state index contributed by atoms with van der Waals surface area (Å²) in [5.41, 5.74) is 1.99. The van der Waals surface area contributed by atoms with Gasteiger partial charge in [-0.15, -0.1) is 0 Å². The van der Waals surface area contributed by atoms with E-state index in [2.05, 4.69) is 5.32 Å². The van der Waals surface area contributed by atoms with Crippen molar-refractivity contribution in [2.75, 3.05) is 34.9 Å². The lowest BCUT2D eigenvalue weighted by Gasteiger charge is -2.19. The molecule has 0 saturated heterocycles. The van der Waals surface area contributed by atoms with Crippen molar-refractivity contribution in [3.8, 4) is 17.2 Å². The Labute approximate surface area is 154 Å². The van der Waals surface area contributed by atoms with E-state index in [-0.39, 0.29) is 12.5 Å². The lowest BCUT2D eigenvalue weighted by Crippen LogP contribution is -2.34. The van der Waals surface area contributed by atoms with Crippen LogP contribution >= 0.6 is 0 Å². The van der Waals surface area contributed by atoms with Crippen molar-refractivity contribution in [3.05, 3.63) is 53.6 Å². The Morgan fingerprint density at radius 2 is 1.73 bits per heavy atom. The Morgan fingerprint density at radius 3 is 2.35 bits per heavy atom. The molecule has 0 bridgehead atoms. The molecule has 0 fully saturated rings. The van der Waals surface area contributed by atoms with Crippen LogP contribution in [0.25, 0.3) is 0 Å². The fourth-order valence-electron chi connectivity index (χ4n) is 2.67. The second-order valence-corrected chi connectivity index (χ2v) is 5.95. The van der Waals surface area contributed by atoms with Crippen LogP contribution in [-0.2, 0) is 17.9 Å². The van der Waals surface area contributed by atoms with Gasteiger partial charge in [0.15, 0.2) is 11.5 Å². The summed E-state index contributed by atoms with van der Waals surface area (Å²) in [5, 5.41) is 2.93. The Bertz CT molecular complexity index is 716. The second kappa shape index (κ2) is 9.68. The third-order valence-electron chi connectivity index (χ3n) is 3.99. The Kier molecular flexibility index (Phi) is 7.29. The minimum atomic E-state index is -0.0369. The van der Waals surface area contributed by atoms with Crippen molar-refractivity contribution in [2.24, 2.45) is 0 Å². The van der Waals surface area contributed by atoms with Crippen LogP contribution in [0.3, 0.4) is 0 Å². The van der Waals surface area contributed by atoms with Crippen molar-refractivity contribution in [2.45, 2.75) is 13.1 Å². The summed E-state index contributed by atoms with van der Waals surface area (Å²) < 4.78 is 15.9. The number of carbonyl (C=O) groups excluding carboxylic acids is 1. The monoisotopic (exact) mass is 358 g/mol. The van der Waals surface area contributed by atoms with E-state index >= 15 is 0 Å². The molecule has 0 saturated carbocycles. The van der Waals surface area contributed by atoms with Crippen LogP contribution in [-0.4, -0.2) is 45.7 Å². The topological polar surface area (TPSA) is 60.0 Å². The quantitative estimate of drug-likeness (QED) is 0.746. The first-order valence-electron chi connectivity index (χ1n) is 8.35. The third kappa shape index (κ3) is 5.39. The van der Waals surface area contributed by atoms with Crippen molar-refractivity contribution in [3.63, 3.8) is 0 Å². The first-order valence-corrected chi connectivity index (χ1v) is 8.35. The molecular formula is C20H26N2O4. The van der Waals surface area contributed by atoms with Gasteiger partial charge in [-0.2, -0.15) is 0 Å². The summed E-state index contributed by atoms with van der Waals surface area (Å²) in [6.07, 6.45) is 0. The van der Waals surface area contributed by atoms with E-state index in [0.29, 0.717) is 24.6 Å². The highest BCUT2D eigenvalue weighted by molar-refractivity contribution is 5.78. The van der Waals surface area contributed by atoms with Gasteiger partial charge in [-0.3, -0.25) is 9.69 Å². The lowest BCUT2D eigenvalue weighted by molar-refractivity contribution is -0.122. The van der Waals surface area contributed by atoms with Crippen LogP contribution in [0.2, 0.25) is 0 Å². The molecule has 0 aliphatic heterocycles. The highest BCUT2D eigenvalue weighted by Crippen LogP contribution is 2.31. The molecule has 0 aliphatic carbocycles. The molecule has 0 unspecified atom stereocenters. The normalized spacial score (nSPS) is 10.5. The Balaban J connectivity index is 1.87. The molecule has 1 N–H and O–H groups in total. The van der Waals surface area contributed by atoms with Crippen LogP contribution in [0.1, 0.15) is 11.1 Å². The number of nitrogens with zero attached hydrogens (tertiary/aromatic N) is 1. The third-order valence-corrected chi connectivity index (χ3v) is 3.99. The van der Waals surface area contributed by atoms with Crippen LogP contribution < -0.4 is 19.5 Å². The van der Waals surface area contributed by atoms with Gasteiger partial charge in [-0.1, -0.05) is 24.3 Å². The van der Waals surface area contributed by atoms with Gasteiger partial charge in [0.1, 0.15) is 5.75 Å². The van der Waals surface area contributed by atoms with Crippen molar-refractivity contribution < 1.29 is 19.0 Å². The molecule has 0 atom stereocenters. The van der Waals surface area contributed by atoms with Crippen molar-refractivity contribution in [1.29, 1.82) is 0 Å². The highest BCUT2D eigenvalue weighted by Gasteiger charge is 2.13. The van der Waals surface area contributed by atoms with Crippen LogP contribution in [0.15, 0.2) is 42.5 Å². The molecule has 2 aromatic rings. The van der Waals surface area contributed by atoms with E-state index in [9.17, 15) is 4.79 Å². The van der Waals surface area contributed by atoms with E-state index in [1.54, 1.807) is 21.3 Å². The van der Waals surface area contributed by atoms with Gasteiger partial charge in [-0.05, 0) is 30.8 Å².